The molecular formula is C32H48N4O7. The van der Waals surface area contributed by atoms with Gasteiger partial charge >= 0.3 is 6.09 Å². The molecular weight excluding hydrogens is 552 g/mol. The highest BCUT2D eigenvalue weighted by atomic mass is 16.6. The van der Waals surface area contributed by atoms with E-state index in [0.717, 1.165) is 37.7 Å². The zero-order chi connectivity index (χ0) is 31.4. The highest BCUT2D eigenvalue weighted by Crippen LogP contribution is 2.28. The minimum absolute atomic E-state index is 0.0222. The summed E-state index contributed by atoms with van der Waals surface area (Å²) in [4.78, 5) is 64.0. The standard InChI is InChI=1S/C32H48N4O7/c1-21(43-32(2,3)4)27(36-31(41)42-20-23-13-9-6-10-14-23)30(40)35-26(17-22-11-7-5-8-12-22)29(39)34-25(19-37)18-24-15-16-33-28(24)38/h6,9-10,13-14,19,21-22,24-27H,5,7-8,11-12,15-18,20H2,1-4H3,(H,33,38)(H,34,39)(H,35,40)(H,36,41)/t21?,24-,25-,26-,27-/m0/s1. The predicted molar refractivity (Wildman–Crippen MR) is 161 cm³/mol. The first kappa shape index (κ1) is 34.0. The number of hydrogen-bond donors (Lipinski definition) is 4. The smallest absolute Gasteiger partial charge is 0.408 e. The molecule has 0 bridgehead atoms. The van der Waals surface area contributed by atoms with Crippen LogP contribution in [-0.4, -0.2) is 66.5 Å². The normalized spacial score (nSPS) is 20.2. The number of alkyl carbamates (subject to hydrolysis) is 1. The van der Waals surface area contributed by atoms with E-state index in [1.807, 2.05) is 51.1 Å². The first-order valence-electron chi connectivity index (χ1n) is 15.4. The van der Waals surface area contributed by atoms with E-state index in [0.29, 0.717) is 25.7 Å². The summed E-state index contributed by atoms with van der Waals surface area (Å²) in [5, 5.41) is 11.0. The molecule has 11 nitrogen and oxygen atoms in total. The van der Waals surface area contributed by atoms with Crippen LogP contribution in [-0.2, 0) is 35.3 Å². The van der Waals surface area contributed by atoms with Gasteiger partial charge in [0, 0.05) is 12.5 Å². The number of ether oxygens (including phenoxy) is 2. The maximum absolute atomic E-state index is 13.7. The van der Waals surface area contributed by atoms with E-state index in [4.69, 9.17) is 9.47 Å². The van der Waals surface area contributed by atoms with Crippen LogP contribution in [0.3, 0.4) is 0 Å². The highest BCUT2D eigenvalue weighted by Gasteiger charge is 2.36. The van der Waals surface area contributed by atoms with Gasteiger partial charge in [0.25, 0.3) is 0 Å². The Bertz CT molecular complexity index is 1080. The number of carbonyl (C=O) groups is 5. The number of carbonyl (C=O) groups excluding carboxylic acids is 5. The fourth-order valence-corrected chi connectivity index (χ4v) is 5.77. The van der Waals surface area contributed by atoms with Crippen LogP contribution in [0.2, 0.25) is 0 Å². The van der Waals surface area contributed by atoms with E-state index in [-0.39, 0.29) is 30.8 Å². The summed E-state index contributed by atoms with van der Waals surface area (Å²) >= 11 is 0. The summed E-state index contributed by atoms with van der Waals surface area (Å²) in [6.07, 6.45) is 5.38. The second kappa shape index (κ2) is 16.4. The van der Waals surface area contributed by atoms with Crippen molar-refractivity contribution in [1.29, 1.82) is 0 Å². The molecule has 0 radical (unpaired) electrons. The fraction of sp³-hybridized carbons (Fsp3) is 0.656. The van der Waals surface area contributed by atoms with Crippen molar-refractivity contribution in [3.63, 3.8) is 0 Å². The van der Waals surface area contributed by atoms with Gasteiger partial charge in [-0.1, -0.05) is 62.4 Å². The van der Waals surface area contributed by atoms with Crippen LogP contribution in [0.1, 0.15) is 84.6 Å². The van der Waals surface area contributed by atoms with Gasteiger partial charge in [-0.05, 0) is 58.4 Å². The van der Waals surface area contributed by atoms with E-state index in [1.165, 1.54) is 0 Å². The Kier molecular flexibility index (Phi) is 13.0. The number of rotatable bonds is 14. The zero-order valence-electron chi connectivity index (χ0n) is 25.9. The Morgan fingerprint density at radius 3 is 2.28 bits per heavy atom. The summed E-state index contributed by atoms with van der Waals surface area (Å²) < 4.78 is 11.4. The van der Waals surface area contributed by atoms with Crippen molar-refractivity contribution in [2.45, 2.75) is 115 Å². The molecule has 11 heteroatoms. The van der Waals surface area contributed by atoms with Gasteiger partial charge in [-0.3, -0.25) is 14.4 Å². The Morgan fingerprint density at radius 1 is 0.977 bits per heavy atom. The first-order valence-corrected chi connectivity index (χ1v) is 15.4. The molecule has 43 heavy (non-hydrogen) atoms. The summed E-state index contributed by atoms with van der Waals surface area (Å²) in [7, 11) is 0. The van der Waals surface area contributed by atoms with Gasteiger partial charge in [-0.25, -0.2) is 4.79 Å². The Morgan fingerprint density at radius 2 is 1.67 bits per heavy atom. The number of aldehydes is 1. The van der Waals surface area contributed by atoms with Gasteiger partial charge in [-0.15, -0.1) is 0 Å². The molecule has 1 saturated carbocycles. The van der Waals surface area contributed by atoms with Crippen LogP contribution in [0, 0.1) is 11.8 Å². The zero-order valence-corrected chi connectivity index (χ0v) is 25.9. The summed E-state index contributed by atoms with van der Waals surface area (Å²) in [6.45, 7) is 7.77. The van der Waals surface area contributed by atoms with Gasteiger partial charge in [0.15, 0.2) is 0 Å². The molecule has 5 atom stereocenters. The van der Waals surface area contributed by atoms with E-state index in [2.05, 4.69) is 21.3 Å². The molecule has 1 saturated heterocycles. The lowest BCUT2D eigenvalue weighted by atomic mass is 9.84. The lowest BCUT2D eigenvalue weighted by molar-refractivity contribution is -0.136. The average molecular weight is 601 g/mol. The molecule has 1 aliphatic heterocycles. The molecule has 1 aromatic rings. The fourth-order valence-electron chi connectivity index (χ4n) is 5.77. The van der Waals surface area contributed by atoms with Crippen LogP contribution >= 0.6 is 0 Å². The summed E-state index contributed by atoms with van der Waals surface area (Å²) in [5.74, 6) is -1.35. The minimum atomic E-state index is -1.16. The van der Waals surface area contributed by atoms with Crippen LogP contribution < -0.4 is 21.3 Å². The number of hydrogen-bond acceptors (Lipinski definition) is 7. The Labute approximate surface area is 254 Å². The molecule has 238 valence electrons. The Balaban J connectivity index is 1.73. The molecule has 1 unspecified atom stereocenters. The molecule has 0 spiro atoms. The van der Waals surface area contributed by atoms with E-state index in [9.17, 15) is 24.0 Å². The Hall–Kier alpha value is -3.47. The quantitative estimate of drug-likeness (QED) is 0.240. The van der Waals surface area contributed by atoms with Gasteiger partial charge in [0.2, 0.25) is 17.7 Å². The molecule has 0 aromatic heterocycles. The summed E-state index contributed by atoms with van der Waals surface area (Å²) in [5.41, 5.74) is 0.178. The number of nitrogens with one attached hydrogen (secondary N) is 4. The number of amides is 4. The third-order valence-corrected chi connectivity index (χ3v) is 7.90. The maximum atomic E-state index is 13.7. The van der Waals surface area contributed by atoms with Crippen molar-refractivity contribution in [2.75, 3.05) is 6.54 Å². The third kappa shape index (κ3) is 11.6. The van der Waals surface area contributed by atoms with Crippen molar-refractivity contribution in [2.24, 2.45) is 11.8 Å². The predicted octanol–water partition coefficient (Wildman–Crippen LogP) is 3.15. The molecule has 1 aromatic carbocycles. The monoisotopic (exact) mass is 600 g/mol. The van der Waals surface area contributed by atoms with Crippen LogP contribution in [0.15, 0.2) is 30.3 Å². The lowest BCUT2D eigenvalue weighted by Gasteiger charge is -2.32. The second-order valence-electron chi connectivity index (χ2n) is 12.7. The van der Waals surface area contributed by atoms with Crippen LogP contribution in [0.5, 0.6) is 0 Å². The van der Waals surface area contributed by atoms with Crippen molar-refractivity contribution in [3.8, 4) is 0 Å². The SMILES string of the molecule is CC(OC(C)(C)C)[C@H](NC(=O)OCc1ccccc1)C(=O)N[C@@H](CC1CCCCC1)C(=O)N[C@H](C=O)C[C@@H]1CCNC1=O. The molecule has 2 aliphatic rings. The van der Waals surface area contributed by atoms with Gasteiger partial charge in [-0.2, -0.15) is 0 Å². The molecule has 2 fully saturated rings. The van der Waals surface area contributed by atoms with Crippen molar-refractivity contribution >= 4 is 30.1 Å². The largest absolute Gasteiger partial charge is 0.445 e. The molecule has 1 aliphatic carbocycles. The van der Waals surface area contributed by atoms with E-state index in [1.54, 1.807) is 6.92 Å². The summed E-state index contributed by atoms with van der Waals surface area (Å²) in [6, 6.07) is 6.21. The van der Waals surface area contributed by atoms with Crippen LogP contribution in [0.25, 0.3) is 0 Å². The van der Waals surface area contributed by atoms with Crippen molar-refractivity contribution < 1.29 is 33.4 Å². The maximum Gasteiger partial charge on any atom is 0.408 e. The number of benzene rings is 1. The van der Waals surface area contributed by atoms with E-state index < -0.39 is 47.7 Å². The van der Waals surface area contributed by atoms with Crippen LogP contribution in [0.4, 0.5) is 4.79 Å². The van der Waals surface area contributed by atoms with E-state index >= 15 is 0 Å². The minimum Gasteiger partial charge on any atom is -0.445 e. The van der Waals surface area contributed by atoms with Crippen molar-refractivity contribution in [1.82, 2.24) is 21.3 Å². The van der Waals surface area contributed by atoms with Gasteiger partial charge in [0.05, 0.1) is 17.7 Å². The first-order chi connectivity index (χ1) is 20.4. The second-order valence-corrected chi connectivity index (χ2v) is 12.7. The third-order valence-electron chi connectivity index (χ3n) is 7.90. The average Bonchev–Trinajstić information content (AvgIpc) is 3.37. The van der Waals surface area contributed by atoms with Gasteiger partial charge < -0.3 is 35.5 Å². The molecule has 4 amide bonds. The molecule has 3 rings (SSSR count). The molecule has 4 N–H and O–H groups in total. The lowest BCUT2D eigenvalue weighted by Crippen LogP contribution is -2.59. The highest BCUT2D eigenvalue weighted by molar-refractivity contribution is 5.92. The van der Waals surface area contributed by atoms with Gasteiger partial charge in [0.1, 0.15) is 25.0 Å². The molecule has 1 heterocycles. The topological polar surface area (TPSA) is 152 Å². The van der Waals surface area contributed by atoms with Crippen molar-refractivity contribution in [3.05, 3.63) is 35.9 Å².